The molecule has 2 N–H and O–H groups in total. The Morgan fingerprint density at radius 2 is 2.13 bits per heavy atom. The lowest BCUT2D eigenvalue weighted by atomic mass is 10.7. The molecule has 0 radical (unpaired) electrons. The number of carbonyl (C=O) groups excluding carboxylic acids is 1. The van der Waals surface area contributed by atoms with E-state index in [9.17, 15) is 14.3 Å². The van der Waals surface area contributed by atoms with Crippen molar-refractivity contribution in [1.29, 1.82) is 0 Å². The molecule has 0 aromatic heterocycles. The van der Waals surface area contributed by atoms with Crippen molar-refractivity contribution in [2.45, 2.75) is 6.92 Å². The van der Waals surface area contributed by atoms with Gasteiger partial charge in [0.2, 0.25) is 0 Å². The molecule has 1 atom stereocenters. The Kier molecular flexibility index (Phi) is 7.54. The number of carbonyl (C=O) groups is 1. The molecular weight excluding hydrogens is 225 g/mol. The van der Waals surface area contributed by atoms with Gasteiger partial charge in [0.25, 0.3) is 7.82 Å². The molecule has 0 rings (SSSR count). The second-order valence-electron chi connectivity index (χ2n) is 2.56. The molecule has 1 unspecified atom stereocenters. The zero-order valence-corrected chi connectivity index (χ0v) is 9.70. The SMILES string of the molecule is CCOC(=O)COP(=O)([O-])OCC[NH2+]C. The fourth-order valence-electron chi connectivity index (χ4n) is 0.654. The number of ether oxygens (including phenoxy) is 1. The summed E-state index contributed by atoms with van der Waals surface area (Å²) < 4.78 is 24.2. The first kappa shape index (κ1) is 14.5. The molecule has 0 aliphatic carbocycles. The van der Waals surface area contributed by atoms with Crippen molar-refractivity contribution in [1.82, 2.24) is 0 Å². The highest BCUT2D eigenvalue weighted by molar-refractivity contribution is 7.45. The zero-order valence-electron chi connectivity index (χ0n) is 8.80. The van der Waals surface area contributed by atoms with Gasteiger partial charge < -0.3 is 24.0 Å². The molecule has 0 spiro atoms. The third-order valence-corrected chi connectivity index (χ3v) is 2.25. The molecule has 7 nitrogen and oxygen atoms in total. The molecule has 0 saturated heterocycles. The predicted molar refractivity (Wildman–Crippen MR) is 48.9 cm³/mol. The number of esters is 1. The highest BCUT2D eigenvalue weighted by Gasteiger charge is 2.12. The van der Waals surface area contributed by atoms with Crippen LogP contribution in [0.2, 0.25) is 0 Å². The summed E-state index contributed by atoms with van der Waals surface area (Å²) in [6.45, 7) is 1.65. The summed E-state index contributed by atoms with van der Waals surface area (Å²) in [6.07, 6.45) is 0. The average Bonchev–Trinajstić information content (AvgIpc) is 2.16. The van der Waals surface area contributed by atoms with Crippen LogP contribution < -0.4 is 10.2 Å². The van der Waals surface area contributed by atoms with Gasteiger partial charge in [-0.3, -0.25) is 4.57 Å². The molecular formula is C7H16NO6P. The van der Waals surface area contributed by atoms with Gasteiger partial charge in [0.05, 0.1) is 20.2 Å². The van der Waals surface area contributed by atoms with Crippen molar-refractivity contribution in [3.8, 4) is 0 Å². The van der Waals surface area contributed by atoms with Crippen LogP contribution in [-0.4, -0.2) is 39.4 Å². The third-order valence-electron chi connectivity index (χ3n) is 1.30. The smallest absolute Gasteiger partial charge is 0.332 e. The second-order valence-corrected chi connectivity index (χ2v) is 3.97. The van der Waals surface area contributed by atoms with Crippen molar-refractivity contribution in [3.63, 3.8) is 0 Å². The Bertz CT molecular complexity index is 234. The van der Waals surface area contributed by atoms with Crippen LogP contribution in [0.3, 0.4) is 0 Å². The first-order valence-corrected chi connectivity index (χ1v) is 6.01. The van der Waals surface area contributed by atoms with E-state index in [1.165, 1.54) is 0 Å². The summed E-state index contributed by atoms with van der Waals surface area (Å²) in [7, 11) is -2.59. The standard InChI is InChI=1S/C7H16NO6P/c1-3-12-7(9)6-14-15(10,11)13-5-4-8-2/h8H,3-6H2,1-2H3,(H,10,11). The summed E-state index contributed by atoms with van der Waals surface area (Å²) in [5, 5.41) is 1.76. The quantitative estimate of drug-likeness (QED) is 0.307. The Labute approximate surface area is 88.3 Å². The number of phosphoric ester groups is 1. The minimum Gasteiger partial charge on any atom is -0.756 e. The molecule has 0 saturated carbocycles. The fourth-order valence-corrected chi connectivity index (χ4v) is 1.32. The van der Waals surface area contributed by atoms with Crippen LogP contribution in [0.4, 0.5) is 0 Å². The van der Waals surface area contributed by atoms with Crippen LogP contribution in [0.15, 0.2) is 0 Å². The lowest BCUT2D eigenvalue weighted by Gasteiger charge is -2.21. The van der Waals surface area contributed by atoms with Crippen molar-refractivity contribution in [2.75, 3.05) is 33.4 Å². The Hall–Kier alpha value is -0.460. The highest BCUT2D eigenvalue weighted by Crippen LogP contribution is 2.37. The topological polar surface area (TPSA) is 102 Å². The molecule has 0 aliphatic heterocycles. The fraction of sp³-hybridized carbons (Fsp3) is 0.857. The van der Waals surface area contributed by atoms with Gasteiger partial charge in [-0.1, -0.05) is 0 Å². The van der Waals surface area contributed by atoms with E-state index in [0.29, 0.717) is 6.54 Å². The lowest BCUT2D eigenvalue weighted by molar-refractivity contribution is -0.627. The van der Waals surface area contributed by atoms with Crippen LogP contribution in [0, 0.1) is 0 Å². The number of quaternary nitrogens is 1. The van der Waals surface area contributed by atoms with E-state index >= 15 is 0 Å². The first-order chi connectivity index (χ1) is 7.02. The van der Waals surface area contributed by atoms with E-state index in [0.717, 1.165) is 0 Å². The van der Waals surface area contributed by atoms with Gasteiger partial charge in [0, 0.05) is 0 Å². The van der Waals surface area contributed by atoms with Crippen LogP contribution in [-0.2, 0) is 23.1 Å². The minimum atomic E-state index is -4.37. The Morgan fingerprint density at radius 3 is 2.67 bits per heavy atom. The van der Waals surface area contributed by atoms with Crippen molar-refractivity contribution < 1.29 is 33.4 Å². The van der Waals surface area contributed by atoms with E-state index in [1.807, 2.05) is 0 Å². The van der Waals surface area contributed by atoms with Gasteiger partial charge in [0.1, 0.15) is 6.61 Å². The van der Waals surface area contributed by atoms with Crippen LogP contribution in [0.25, 0.3) is 0 Å². The Morgan fingerprint density at radius 1 is 1.47 bits per heavy atom. The van der Waals surface area contributed by atoms with E-state index in [4.69, 9.17) is 0 Å². The molecule has 0 aromatic carbocycles. The van der Waals surface area contributed by atoms with Gasteiger partial charge >= 0.3 is 5.97 Å². The van der Waals surface area contributed by atoms with Crippen LogP contribution in [0.5, 0.6) is 0 Å². The van der Waals surface area contributed by atoms with E-state index in [1.54, 1.807) is 19.3 Å². The summed E-state index contributed by atoms with van der Waals surface area (Å²) >= 11 is 0. The van der Waals surface area contributed by atoms with Gasteiger partial charge in [-0.25, -0.2) is 4.79 Å². The number of likely N-dealkylation sites (N-methyl/N-ethyl adjacent to an activating group) is 1. The molecule has 0 aliphatic rings. The van der Waals surface area contributed by atoms with Gasteiger partial charge in [-0.05, 0) is 6.92 Å². The number of phosphoric acid groups is 1. The van der Waals surface area contributed by atoms with Gasteiger partial charge in [0.15, 0.2) is 6.61 Å². The summed E-state index contributed by atoms with van der Waals surface area (Å²) in [6, 6.07) is 0. The summed E-state index contributed by atoms with van der Waals surface area (Å²) in [5.74, 6) is -0.737. The molecule has 0 bridgehead atoms. The van der Waals surface area contributed by atoms with Gasteiger partial charge in [-0.2, -0.15) is 0 Å². The molecule has 90 valence electrons. The minimum absolute atomic E-state index is 0.0140. The number of rotatable bonds is 8. The maximum Gasteiger partial charge on any atom is 0.332 e. The maximum atomic E-state index is 11.0. The first-order valence-electron chi connectivity index (χ1n) is 4.55. The highest BCUT2D eigenvalue weighted by atomic mass is 31.2. The molecule has 0 amide bonds. The van der Waals surface area contributed by atoms with Gasteiger partial charge in [-0.15, -0.1) is 0 Å². The summed E-state index contributed by atoms with van der Waals surface area (Å²) in [5.41, 5.74) is 0. The summed E-state index contributed by atoms with van der Waals surface area (Å²) in [4.78, 5) is 21.7. The van der Waals surface area contributed by atoms with E-state index < -0.39 is 20.4 Å². The van der Waals surface area contributed by atoms with Crippen LogP contribution in [0.1, 0.15) is 6.92 Å². The monoisotopic (exact) mass is 241 g/mol. The molecule has 0 heterocycles. The van der Waals surface area contributed by atoms with Crippen molar-refractivity contribution in [3.05, 3.63) is 0 Å². The normalized spacial score (nSPS) is 14.6. The Balaban J connectivity index is 3.73. The second kappa shape index (κ2) is 7.78. The van der Waals surface area contributed by atoms with E-state index in [-0.39, 0.29) is 13.2 Å². The van der Waals surface area contributed by atoms with Crippen molar-refractivity contribution >= 4 is 13.8 Å². The number of hydrogen-bond donors (Lipinski definition) is 1. The zero-order chi connectivity index (χ0) is 11.7. The van der Waals surface area contributed by atoms with Crippen molar-refractivity contribution in [2.24, 2.45) is 0 Å². The van der Waals surface area contributed by atoms with E-state index in [2.05, 4.69) is 13.8 Å². The largest absolute Gasteiger partial charge is 0.756 e. The molecule has 15 heavy (non-hydrogen) atoms. The molecule has 0 aromatic rings. The van der Waals surface area contributed by atoms with Crippen LogP contribution >= 0.6 is 7.82 Å². The predicted octanol–water partition coefficient (Wildman–Crippen LogP) is -1.76. The average molecular weight is 241 g/mol. The maximum absolute atomic E-state index is 11.0. The lowest BCUT2D eigenvalue weighted by Crippen LogP contribution is -2.80. The number of hydrogen-bond acceptors (Lipinski definition) is 6. The third kappa shape index (κ3) is 8.53. The molecule has 0 fully saturated rings. The molecule has 8 heteroatoms. The number of nitrogens with two attached hydrogens (primary N) is 1.